The van der Waals surface area contributed by atoms with E-state index in [-0.39, 0.29) is 35.3 Å². The lowest BCUT2D eigenvalue weighted by Gasteiger charge is -2.20. The largest absolute Gasteiger partial charge is 0.508 e. The molecule has 6 aromatic rings. The number of nitrogens with zero attached hydrogens (tertiary/aromatic N) is 8. The van der Waals surface area contributed by atoms with E-state index < -0.39 is 0 Å². The molecule has 1 atom stereocenters. The fraction of sp³-hybridized carbons (Fsp3) is 0.308. The Bertz CT molecular complexity index is 2310. The zero-order valence-corrected chi connectivity index (χ0v) is 31.9. The number of benzene rings is 3. The predicted molar refractivity (Wildman–Crippen MR) is 207 cm³/mol. The maximum absolute atomic E-state index is 10.6. The second kappa shape index (κ2) is 14.6. The van der Waals surface area contributed by atoms with Gasteiger partial charge in [-0.05, 0) is 93.7 Å². The Morgan fingerprint density at radius 3 is 2.34 bits per heavy atom. The van der Waals surface area contributed by atoms with Crippen molar-refractivity contribution in [2.24, 2.45) is 4.99 Å². The number of phenolic OH excluding ortho intramolecular Hbond substituents is 2. The van der Waals surface area contributed by atoms with Gasteiger partial charge in [-0.1, -0.05) is 42.7 Å². The highest BCUT2D eigenvalue weighted by Gasteiger charge is 2.31. The quantitative estimate of drug-likeness (QED) is 0.121. The van der Waals surface area contributed by atoms with Gasteiger partial charge in [-0.3, -0.25) is 9.56 Å². The second-order valence-electron chi connectivity index (χ2n) is 13.6. The number of halogens is 1. The van der Waals surface area contributed by atoms with E-state index in [1.165, 1.54) is 21.1 Å². The number of thiophene rings is 1. The van der Waals surface area contributed by atoms with Crippen LogP contribution in [0.3, 0.4) is 0 Å². The lowest BCUT2D eigenvalue weighted by molar-refractivity contribution is 0.232. The number of ether oxygens (including phenoxy) is 1. The van der Waals surface area contributed by atoms with Crippen molar-refractivity contribution in [1.82, 2.24) is 34.4 Å². The van der Waals surface area contributed by atoms with Crippen LogP contribution in [0.1, 0.15) is 71.0 Å². The highest BCUT2D eigenvalue weighted by Crippen LogP contribution is 2.41. The summed E-state index contributed by atoms with van der Waals surface area (Å²) in [6.45, 7) is 12.0. The summed E-state index contributed by atoms with van der Waals surface area (Å²) in [5.41, 5.74) is 5.84. The van der Waals surface area contributed by atoms with Crippen molar-refractivity contribution in [3.05, 3.63) is 104 Å². The first-order chi connectivity index (χ1) is 25.4. The molecule has 0 saturated heterocycles. The molecule has 7 rings (SSSR count). The molecule has 274 valence electrons. The van der Waals surface area contributed by atoms with Crippen LogP contribution in [0, 0.1) is 20.8 Å². The van der Waals surface area contributed by atoms with E-state index in [9.17, 15) is 15.3 Å². The molecule has 0 radical (unpaired) electrons. The first-order valence-electron chi connectivity index (χ1n) is 17.4. The van der Waals surface area contributed by atoms with Crippen LogP contribution in [0.2, 0.25) is 5.02 Å². The van der Waals surface area contributed by atoms with Crippen molar-refractivity contribution < 1.29 is 20.1 Å². The third kappa shape index (κ3) is 6.99. The topological polar surface area (TPSA) is 147 Å². The molecule has 0 aliphatic carbocycles. The van der Waals surface area contributed by atoms with Crippen molar-refractivity contribution in [2.75, 3.05) is 26.7 Å². The Labute approximate surface area is 316 Å². The number of phenols is 2. The van der Waals surface area contributed by atoms with Crippen molar-refractivity contribution in [2.45, 2.75) is 53.0 Å². The summed E-state index contributed by atoms with van der Waals surface area (Å²) in [6, 6.07) is 17.5. The van der Waals surface area contributed by atoms with E-state index in [1.54, 1.807) is 29.5 Å². The molecule has 3 N–H and O–H groups in total. The van der Waals surface area contributed by atoms with Gasteiger partial charge in [-0.2, -0.15) is 0 Å². The molecule has 4 heterocycles. The monoisotopic (exact) mass is 752 g/mol. The van der Waals surface area contributed by atoms with Gasteiger partial charge in [0, 0.05) is 40.2 Å². The third-order valence-electron chi connectivity index (χ3n) is 9.63. The fourth-order valence-electron chi connectivity index (χ4n) is 6.58. The number of likely N-dealkylation sites (N-methyl/N-ethyl adjacent to an activating group) is 1. The summed E-state index contributed by atoms with van der Waals surface area (Å²) in [7, 11) is 2.06. The lowest BCUT2D eigenvalue weighted by Crippen LogP contribution is -2.26. The first-order valence-corrected chi connectivity index (χ1v) is 18.6. The van der Waals surface area contributed by atoms with Gasteiger partial charge in [0.05, 0.1) is 17.0 Å². The molecular weight excluding hydrogens is 712 g/mol. The number of hydrogen-bond donors (Lipinski definition) is 3. The summed E-state index contributed by atoms with van der Waals surface area (Å²) in [5, 5.41) is 50.4. The number of aromatic hydroxyl groups is 3. The number of aryl methyl sites for hydroxylation is 2. The maximum atomic E-state index is 10.6. The molecule has 0 fully saturated rings. The van der Waals surface area contributed by atoms with Crippen molar-refractivity contribution >= 4 is 28.6 Å². The van der Waals surface area contributed by atoms with Gasteiger partial charge in [0.2, 0.25) is 0 Å². The maximum Gasteiger partial charge on any atom is 0.319 e. The molecule has 3 aromatic heterocycles. The van der Waals surface area contributed by atoms with Crippen molar-refractivity contribution in [1.29, 1.82) is 0 Å². The van der Waals surface area contributed by atoms with Gasteiger partial charge >= 0.3 is 6.01 Å². The van der Waals surface area contributed by atoms with Crippen LogP contribution in [0.15, 0.2) is 65.7 Å². The third-order valence-corrected chi connectivity index (χ3v) is 11.1. The van der Waals surface area contributed by atoms with Gasteiger partial charge in [0.1, 0.15) is 40.7 Å². The molecule has 1 aliphatic rings. The average Bonchev–Trinajstić information content (AvgIpc) is 3.76. The van der Waals surface area contributed by atoms with Crippen LogP contribution in [0.25, 0.3) is 22.1 Å². The Morgan fingerprint density at radius 1 is 0.887 bits per heavy atom. The van der Waals surface area contributed by atoms with Crippen molar-refractivity contribution in [3.8, 4) is 45.3 Å². The van der Waals surface area contributed by atoms with Gasteiger partial charge in [-0.25, -0.2) is 4.57 Å². The number of fused-ring (bicyclic) bond motifs is 3. The van der Waals surface area contributed by atoms with Crippen molar-refractivity contribution in [3.63, 3.8) is 0 Å². The second-order valence-corrected chi connectivity index (χ2v) is 15.2. The highest BCUT2D eigenvalue weighted by molar-refractivity contribution is 7.15. The van der Waals surface area contributed by atoms with E-state index in [0.717, 1.165) is 46.5 Å². The summed E-state index contributed by atoms with van der Waals surface area (Å²) >= 11 is 8.01. The minimum Gasteiger partial charge on any atom is -0.508 e. The van der Waals surface area contributed by atoms with Gasteiger partial charge in [0.15, 0.2) is 11.6 Å². The highest BCUT2D eigenvalue weighted by atomic mass is 35.5. The van der Waals surface area contributed by atoms with E-state index in [2.05, 4.69) is 50.8 Å². The van der Waals surface area contributed by atoms with Gasteiger partial charge in [-0.15, -0.1) is 26.6 Å². The molecule has 0 amide bonds. The zero-order chi connectivity index (χ0) is 37.6. The summed E-state index contributed by atoms with van der Waals surface area (Å²) in [6.07, 6.45) is 0.730. The number of aromatic nitrogens is 6. The minimum absolute atomic E-state index is 0.00229. The first kappa shape index (κ1) is 36.1. The smallest absolute Gasteiger partial charge is 0.319 e. The fourth-order valence-corrected chi connectivity index (χ4v) is 7.92. The van der Waals surface area contributed by atoms with E-state index in [0.29, 0.717) is 40.7 Å². The average molecular weight is 753 g/mol. The molecule has 14 heteroatoms. The SMILES string of the molecule is Cc1sc2c(c1C)C(c1ccc(Cl)cc1)=N[C@@H](CCN(C)CCOc1ccc(-n3c(O)nnc3-c3cc(C(C)C)c(O)cc3O)cc1)c1nnc(C)n1-2. The van der Waals surface area contributed by atoms with Crippen LogP contribution in [0.5, 0.6) is 23.3 Å². The van der Waals surface area contributed by atoms with Crippen LogP contribution < -0.4 is 4.74 Å². The molecule has 0 spiro atoms. The standard InChI is InChI=1S/C39H41ClN8O4S/c1-21(2)29-19-30(33(50)20-32(29)49)36-43-45-39(51)48(36)27-11-13-28(14-12-27)52-18-17-46(6)16-15-31-37-44-42-24(5)47(37)38-34(22(3)23(4)53-38)35(41-31)25-7-9-26(40)10-8-25/h7-14,19-21,31,49-50H,15-18H2,1-6H3,(H,45,51)/t31-/m0/s1. The predicted octanol–water partition coefficient (Wildman–Crippen LogP) is 7.69. The van der Waals surface area contributed by atoms with E-state index in [1.807, 2.05) is 57.2 Å². The van der Waals surface area contributed by atoms with Crippen LogP contribution in [-0.2, 0) is 0 Å². The Hall–Kier alpha value is -5.24. The molecule has 12 nitrogen and oxygen atoms in total. The minimum atomic E-state index is -0.332. The molecular formula is C39H41ClN8O4S. The van der Waals surface area contributed by atoms with Crippen LogP contribution in [-0.4, -0.2) is 82.2 Å². The Morgan fingerprint density at radius 2 is 1.62 bits per heavy atom. The molecule has 0 bridgehead atoms. The van der Waals surface area contributed by atoms with Gasteiger partial charge < -0.3 is 25.0 Å². The van der Waals surface area contributed by atoms with Crippen LogP contribution >= 0.6 is 22.9 Å². The molecule has 1 aliphatic heterocycles. The lowest BCUT2D eigenvalue weighted by atomic mass is 9.98. The number of rotatable bonds is 11. The van der Waals surface area contributed by atoms with Gasteiger partial charge in [0.25, 0.3) is 0 Å². The van der Waals surface area contributed by atoms with E-state index in [4.69, 9.17) is 21.3 Å². The van der Waals surface area contributed by atoms with Crippen LogP contribution in [0.4, 0.5) is 0 Å². The molecule has 0 saturated carbocycles. The summed E-state index contributed by atoms with van der Waals surface area (Å²) in [5.74, 6) is 2.40. The molecule has 3 aromatic carbocycles. The number of hydrogen-bond acceptors (Lipinski definition) is 11. The normalized spacial score (nSPS) is 14.0. The van der Waals surface area contributed by atoms with E-state index >= 15 is 0 Å². The molecule has 53 heavy (non-hydrogen) atoms. The zero-order valence-electron chi connectivity index (χ0n) is 30.4. The summed E-state index contributed by atoms with van der Waals surface area (Å²) in [4.78, 5) is 8.82. The molecule has 0 unspecified atom stereocenters. The number of aliphatic imine (C=N–C) groups is 1. The Balaban J connectivity index is 1.03. The summed E-state index contributed by atoms with van der Waals surface area (Å²) < 4.78 is 9.71. The Kier molecular flexibility index (Phi) is 9.99.